The summed E-state index contributed by atoms with van der Waals surface area (Å²) in [6, 6.07) is 8.28. The van der Waals surface area contributed by atoms with E-state index in [0.717, 1.165) is 32.1 Å². The Hall–Kier alpha value is -1.68. The van der Waals surface area contributed by atoms with E-state index in [2.05, 4.69) is 12.1 Å². The molecule has 1 aromatic carbocycles. The Bertz CT molecular complexity index is 536. The Kier molecular flexibility index (Phi) is 3.81. The monoisotopic (exact) mass is 288 g/mol. The van der Waals surface area contributed by atoms with E-state index in [4.69, 9.17) is 0 Å². The lowest BCUT2D eigenvalue weighted by molar-refractivity contribution is -0.788. The highest BCUT2D eigenvalue weighted by atomic mass is 16.4. The molecule has 112 valence electrons. The van der Waals surface area contributed by atoms with E-state index in [1.807, 2.05) is 12.1 Å². The Morgan fingerprint density at radius 3 is 2.14 bits per heavy atom. The predicted molar refractivity (Wildman–Crippen MR) is 78.8 cm³/mol. The van der Waals surface area contributed by atoms with Crippen LogP contribution in [0.2, 0.25) is 0 Å². The van der Waals surface area contributed by atoms with Crippen LogP contribution in [0.25, 0.3) is 0 Å². The Balaban J connectivity index is 1.70. The molecule has 1 aliphatic heterocycles. The molecule has 2 amide bonds. The van der Waals surface area contributed by atoms with Crippen LogP contribution in [-0.2, 0) is 17.6 Å². The number of hydrogen-bond acceptors (Lipinski definition) is 2. The first-order valence-corrected chi connectivity index (χ1v) is 7.82. The van der Waals surface area contributed by atoms with Gasteiger partial charge in [0, 0.05) is 0 Å². The molecule has 0 atom stereocenters. The summed E-state index contributed by atoms with van der Waals surface area (Å²) in [5.74, 6) is 0.172. The number of carboxylic acid groups (broad SMARTS) is 1. The molecule has 1 N–H and O–H groups in total. The zero-order chi connectivity index (χ0) is 14.9. The van der Waals surface area contributed by atoms with Crippen molar-refractivity contribution in [3.63, 3.8) is 0 Å². The van der Waals surface area contributed by atoms with Gasteiger partial charge in [0.15, 0.2) is 0 Å². The molecule has 4 heteroatoms. The summed E-state index contributed by atoms with van der Waals surface area (Å²) in [6.07, 6.45) is 3.95. The molecule has 0 radical (unpaired) electrons. The highest BCUT2D eigenvalue weighted by molar-refractivity contribution is 5.80. The van der Waals surface area contributed by atoms with Gasteiger partial charge in [-0.3, -0.25) is 0 Å². The van der Waals surface area contributed by atoms with Gasteiger partial charge < -0.3 is 5.11 Å². The molecular weight excluding hydrogens is 266 g/mol. The van der Waals surface area contributed by atoms with Crippen LogP contribution in [0.1, 0.15) is 36.8 Å². The van der Waals surface area contributed by atoms with Gasteiger partial charge in [-0.05, 0) is 49.1 Å². The van der Waals surface area contributed by atoms with Crippen molar-refractivity contribution >= 4 is 12.0 Å². The zero-order valence-electron chi connectivity index (χ0n) is 12.3. The van der Waals surface area contributed by atoms with Gasteiger partial charge in [-0.15, -0.1) is 0 Å². The molecule has 1 saturated heterocycles. The summed E-state index contributed by atoms with van der Waals surface area (Å²) in [5, 5.41) is 9.56. The van der Waals surface area contributed by atoms with Crippen LogP contribution in [-0.4, -0.2) is 34.7 Å². The van der Waals surface area contributed by atoms with Gasteiger partial charge in [-0.25, -0.2) is 4.79 Å². The van der Waals surface area contributed by atoms with Crippen LogP contribution >= 0.6 is 0 Å². The fourth-order valence-corrected chi connectivity index (χ4v) is 3.82. The van der Waals surface area contributed by atoms with E-state index in [1.165, 1.54) is 11.1 Å². The predicted octanol–water partition coefficient (Wildman–Crippen LogP) is 3.00. The molecule has 0 aromatic heterocycles. The Morgan fingerprint density at radius 1 is 1.05 bits per heavy atom. The first-order valence-electron chi connectivity index (χ1n) is 7.82. The number of benzene rings is 1. The van der Waals surface area contributed by atoms with E-state index in [1.54, 1.807) is 0 Å². The molecule has 1 aliphatic carbocycles. The minimum Gasteiger partial charge on any atom is -0.435 e. The van der Waals surface area contributed by atoms with Crippen molar-refractivity contribution in [3.8, 4) is 0 Å². The molecule has 1 heterocycles. The largest absolute Gasteiger partial charge is 0.521 e. The quantitative estimate of drug-likeness (QED) is 0.851. The van der Waals surface area contributed by atoms with Gasteiger partial charge >= 0.3 is 12.0 Å². The van der Waals surface area contributed by atoms with Crippen molar-refractivity contribution < 1.29 is 19.2 Å². The van der Waals surface area contributed by atoms with Gasteiger partial charge in [-0.1, -0.05) is 24.3 Å². The molecule has 2 aliphatic rings. The number of fused-ring (bicyclic) bond motifs is 1. The molecule has 0 spiro atoms. The van der Waals surface area contributed by atoms with E-state index < -0.39 is 6.09 Å². The first-order chi connectivity index (χ1) is 10.1. The smallest absolute Gasteiger partial charge is 0.435 e. The fraction of sp³-hybridized carbons (Fsp3) is 0.529. The molecule has 21 heavy (non-hydrogen) atoms. The maximum Gasteiger partial charge on any atom is 0.521 e. The topological polar surface area (TPSA) is 54.4 Å². The van der Waals surface area contributed by atoms with Gasteiger partial charge in [0.1, 0.15) is 0 Å². The molecule has 0 unspecified atom stereocenters. The summed E-state index contributed by atoms with van der Waals surface area (Å²) in [5.41, 5.74) is 2.63. The van der Waals surface area contributed by atoms with Crippen molar-refractivity contribution in [2.24, 2.45) is 5.92 Å². The number of amides is 2. The number of hydrogen-bond donors (Lipinski definition) is 1. The maximum absolute atomic E-state index is 12.7. The van der Waals surface area contributed by atoms with E-state index in [-0.39, 0.29) is 16.3 Å². The fourth-order valence-electron chi connectivity index (χ4n) is 3.82. The number of quaternary nitrogens is 1. The van der Waals surface area contributed by atoms with Crippen LogP contribution in [0.3, 0.4) is 0 Å². The number of imide groups is 1. The van der Waals surface area contributed by atoms with Gasteiger partial charge in [0.25, 0.3) is 0 Å². The first kappa shape index (κ1) is 14.3. The van der Waals surface area contributed by atoms with Crippen LogP contribution in [0.15, 0.2) is 24.3 Å². The molecular formula is C17H22NO3+. The lowest BCUT2D eigenvalue weighted by Crippen LogP contribution is -2.59. The average molecular weight is 288 g/mol. The highest BCUT2D eigenvalue weighted by Crippen LogP contribution is 2.31. The van der Waals surface area contributed by atoms with Gasteiger partial charge in [-0.2, -0.15) is 9.28 Å². The molecule has 0 saturated carbocycles. The summed E-state index contributed by atoms with van der Waals surface area (Å²) in [4.78, 5) is 24.3. The van der Waals surface area contributed by atoms with Gasteiger partial charge in [0.2, 0.25) is 0 Å². The standard InChI is InChI=1S/C17H21NO3/c19-16(18(17(20)21)8-4-1-5-9-18)12-13-10-14-6-2-3-7-15(14)11-13/h2-3,6-7,13H,1,4-5,8-12H2/p+1. The van der Waals surface area contributed by atoms with Crippen molar-refractivity contribution in [2.75, 3.05) is 13.1 Å². The number of rotatable bonds is 2. The third-order valence-corrected chi connectivity index (χ3v) is 5.02. The van der Waals surface area contributed by atoms with E-state index >= 15 is 0 Å². The van der Waals surface area contributed by atoms with Crippen molar-refractivity contribution in [1.29, 1.82) is 0 Å². The van der Waals surface area contributed by atoms with E-state index in [0.29, 0.717) is 19.5 Å². The molecule has 4 nitrogen and oxygen atoms in total. The van der Waals surface area contributed by atoms with Crippen LogP contribution in [0.4, 0.5) is 4.79 Å². The average Bonchev–Trinajstić information content (AvgIpc) is 2.89. The minimum absolute atomic E-state index is 0.0972. The summed E-state index contributed by atoms with van der Waals surface area (Å²) < 4.78 is -0.340. The second kappa shape index (κ2) is 5.60. The number of likely N-dealkylation sites (tertiary alicyclic amines) is 1. The number of piperidine rings is 1. The van der Waals surface area contributed by atoms with Crippen LogP contribution in [0.5, 0.6) is 0 Å². The molecule has 0 bridgehead atoms. The zero-order valence-corrected chi connectivity index (χ0v) is 12.3. The SMILES string of the molecule is O=C(O)[N+]1(C(=O)CC2Cc3ccccc3C2)CCCCC1. The van der Waals surface area contributed by atoms with Gasteiger partial charge in [0.05, 0.1) is 19.5 Å². The normalized spacial score (nSPS) is 21.0. The number of carbonyl (C=O) groups is 2. The molecule has 3 rings (SSSR count). The highest BCUT2D eigenvalue weighted by Gasteiger charge is 2.46. The maximum atomic E-state index is 12.7. The number of nitrogens with zero attached hydrogens (tertiary/aromatic N) is 1. The lowest BCUT2D eigenvalue weighted by atomic mass is 9.99. The molecule has 1 aromatic rings. The van der Waals surface area contributed by atoms with Crippen molar-refractivity contribution in [2.45, 2.75) is 38.5 Å². The lowest BCUT2D eigenvalue weighted by Gasteiger charge is -2.33. The third-order valence-electron chi connectivity index (χ3n) is 5.02. The van der Waals surface area contributed by atoms with Crippen LogP contribution in [0, 0.1) is 5.92 Å². The summed E-state index contributed by atoms with van der Waals surface area (Å²) in [7, 11) is 0. The summed E-state index contributed by atoms with van der Waals surface area (Å²) >= 11 is 0. The Morgan fingerprint density at radius 2 is 1.62 bits per heavy atom. The van der Waals surface area contributed by atoms with E-state index in [9.17, 15) is 14.7 Å². The van der Waals surface area contributed by atoms with Crippen molar-refractivity contribution in [1.82, 2.24) is 0 Å². The summed E-state index contributed by atoms with van der Waals surface area (Å²) in [6.45, 7) is 0.932. The van der Waals surface area contributed by atoms with Crippen LogP contribution < -0.4 is 0 Å². The Labute approximate surface area is 125 Å². The third kappa shape index (κ3) is 2.60. The minimum atomic E-state index is -0.963. The number of carbonyl (C=O) groups excluding carboxylic acids is 1. The second-order valence-corrected chi connectivity index (χ2v) is 6.40. The second-order valence-electron chi connectivity index (χ2n) is 6.40. The van der Waals surface area contributed by atoms with Crippen molar-refractivity contribution in [3.05, 3.63) is 35.4 Å². The molecule has 1 fully saturated rings.